The molecule has 0 aromatic carbocycles. The first-order valence-corrected chi connectivity index (χ1v) is 6.30. The van der Waals surface area contributed by atoms with Gasteiger partial charge in [0, 0.05) is 44.1 Å². The molecule has 1 fully saturated rings. The van der Waals surface area contributed by atoms with E-state index in [9.17, 15) is 0 Å². The summed E-state index contributed by atoms with van der Waals surface area (Å²) in [6.07, 6.45) is 6.38. The van der Waals surface area contributed by atoms with Gasteiger partial charge in [0.05, 0.1) is 0 Å². The summed E-state index contributed by atoms with van der Waals surface area (Å²) in [5, 5.41) is 3.50. The Kier molecular flexibility index (Phi) is 3.84. The summed E-state index contributed by atoms with van der Waals surface area (Å²) in [5.74, 6) is 0.969. The summed E-state index contributed by atoms with van der Waals surface area (Å²) in [6.45, 7) is 0. The van der Waals surface area contributed by atoms with Crippen molar-refractivity contribution in [2.45, 2.75) is 37.8 Å². The van der Waals surface area contributed by atoms with E-state index < -0.39 is 0 Å². The van der Waals surface area contributed by atoms with E-state index in [4.69, 9.17) is 5.73 Å². The van der Waals surface area contributed by atoms with Gasteiger partial charge in [0.15, 0.2) is 0 Å². The summed E-state index contributed by atoms with van der Waals surface area (Å²) in [7, 11) is 4.08. The first-order chi connectivity index (χ1) is 8.15. The van der Waals surface area contributed by atoms with Crippen LogP contribution in [0, 0.1) is 0 Å². The molecule has 2 rings (SSSR count). The van der Waals surface area contributed by atoms with E-state index in [0.29, 0.717) is 12.1 Å². The SMILES string of the molecule is CN(C)c1ccnc(NC2CCC(N)CC2)c1. The molecule has 0 radical (unpaired) electrons. The normalized spacial score (nSPS) is 24.4. The van der Waals surface area contributed by atoms with Gasteiger partial charge in [-0.05, 0) is 31.7 Å². The number of anilines is 2. The highest BCUT2D eigenvalue weighted by molar-refractivity contribution is 5.53. The lowest BCUT2D eigenvalue weighted by molar-refractivity contribution is 0.410. The average Bonchev–Trinajstić information content (AvgIpc) is 2.32. The van der Waals surface area contributed by atoms with Crippen molar-refractivity contribution in [2.75, 3.05) is 24.3 Å². The van der Waals surface area contributed by atoms with Crippen molar-refractivity contribution in [3.8, 4) is 0 Å². The van der Waals surface area contributed by atoms with Crippen molar-refractivity contribution in [3.63, 3.8) is 0 Å². The van der Waals surface area contributed by atoms with Crippen LogP contribution in [0.3, 0.4) is 0 Å². The van der Waals surface area contributed by atoms with Gasteiger partial charge in [0.2, 0.25) is 0 Å². The minimum absolute atomic E-state index is 0.397. The number of nitrogens with one attached hydrogen (secondary N) is 1. The van der Waals surface area contributed by atoms with Crippen LogP contribution in [0.15, 0.2) is 18.3 Å². The molecule has 0 amide bonds. The second kappa shape index (κ2) is 5.36. The Morgan fingerprint density at radius 3 is 2.65 bits per heavy atom. The molecule has 1 aliphatic rings. The molecule has 4 nitrogen and oxygen atoms in total. The molecule has 3 N–H and O–H groups in total. The topological polar surface area (TPSA) is 54.2 Å². The van der Waals surface area contributed by atoms with Crippen LogP contribution in [0.5, 0.6) is 0 Å². The minimum Gasteiger partial charge on any atom is -0.378 e. The van der Waals surface area contributed by atoms with Gasteiger partial charge in [-0.25, -0.2) is 4.98 Å². The van der Waals surface area contributed by atoms with Crippen LogP contribution in [-0.2, 0) is 0 Å². The zero-order valence-corrected chi connectivity index (χ0v) is 10.7. The summed E-state index contributed by atoms with van der Waals surface area (Å²) in [5.41, 5.74) is 7.08. The van der Waals surface area contributed by atoms with Gasteiger partial charge in [0.1, 0.15) is 5.82 Å². The fourth-order valence-corrected chi connectivity index (χ4v) is 2.25. The highest BCUT2D eigenvalue weighted by atomic mass is 15.1. The van der Waals surface area contributed by atoms with Crippen LogP contribution in [-0.4, -0.2) is 31.2 Å². The van der Waals surface area contributed by atoms with E-state index >= 15 is 0 Å². The highest BCUT2D eigenvalue weighted by Crippen LogP contribution is 2.22. The molecule has 1 saturated carbocycles. The van der Waals surface area contributed by atoms with Crippen LogP contribution < -0.4 is 16.0 Å². The molecule has 1 aromatic rings. The van der Waals surface area contributed by atoms with Gasteiger partial charge in [-0.1, -0.05) is 0 Å². The molecule has 0 unspecified atom stereocenters. The van der Waals surface area contributed by atoms with Gasteiger partial charge >= 0.3 is 0 Å². The van der Waals surface area contributed by atoms with E-state index in [1.807, 2.05) is 26.4 Å². The standard InChI is InChI=1S/C13H22N4/c1-17(2)12-7-8-15-13(9-12)16-11-5-3-10(14)4-6-11/h7-11H,3-6,14H2,1-2H3,(H,15,16). The van der Waals surface area contributed by atoms with Crippen LogP contribution in [0.4, 0.5) is 11.5 Å². The van der Waals surface area contributed by atoms with Crippen LogP contribution >= 0.6 is 0 Å². The molecule has 0 aliphatic heterocycles. The number of hydrogen-bond acceptors (Lipinski definition) is 4. The third kappa shape index (κ3) is 3.33. The fraction of sp³-hybridized carbons (Fsp3) is 0.615. The van der Waals surface area contributed by atoms with Crippen molar-refractivity contribution in [1.29, 1.82) is 0 Å². The van der Waals surface area contributed by atoms with E-state index in [1.54, 1.807) is 0 Å². The first kappa shape index (κ1) is 12.2. The molecule has 0 atom stereocenters. The van der Waals surface area contributed by atoms with Crippen LogP contribution in [0.2, 0.25) is 0 Å². The van der Waals surface area contributed by atoms with Crippen LogP contribution in [0.25, 0.3) is 0 Å². The third-order valence-corrected chi connectivity index (χ3v) is 3.38. The maximum Gasteiger partial charge on any atom is 0.128 e. The largest absolute Gasteiger partial charge is 0.378 e. The maximum atomic E-state index is 5.90. The Morgan fingerprint density at radius 1 is 1.29 bits per heavy atom. The average molecular weight is 234 g/mol. The molecule has 0 spiro atoms. The lowest BCUT2D eigenvalue weighted by Gasteiger charge is -2.27. The zero-order chi connectivity index (χ0) is 12.3. The molecule has 17 heavy (non-hydrogen) atoms. The minimum atomic E-state index is 0.397. The second-order valence-corrected chi connectivity index (χ2v) is 5.05. The number of nitrogens with two attached hydrogens (primary N) is 1. The molecular formula is C13H22N4. The highest BCUT2D eigenvalue weighted by Gasteiger charge is 2.18. The van der Waals surface area contributed by atoms with E-state index in [0.717, 1.165) is 31.5 Å². The molecule has 1 aliphatic carbocycles. The van der Waals surface area contributed by atoms with Gasteiger partial charge < -0.3 is 16.0 Å². The van der Waals surface area contributed by atoms with Gasteiger partial charge in [-0.2, -0.15) is 0 Å². The van der Waals surface area contributed by atoms with E-state index in [-0.39, 0.29) is 0 Å². The van der Waals surface area contributed by atoms with Crippen LogP contribution in [0.1, 0.15) is 25.7 Å². The quantitative estimate of drug-likeness (QED) is 0.838. The van der Waals surface area contributed by atoms with Gasteiger partial charge in [-0.15, -0.1) is 0 Å². The Balaban J connectivity index is 1.96. The Hall–Kier alpha value is -1.29. The molecule has 0 saturated heterocycles. The third-order valence-electron chi connectivity index (χ3n) is 3.38. The van der Waals surface area contributed by atoms with E-state index in [1.165, 1.54) is 5.69 Å². The number of rotatable bonds is 3. The summed E-state index contributed by atoms with van der Waals surface area (Å²) in [4.78, 5) is 6.45. The predicted molar refractivity (Wildman–Crippen MR) is 72.4 cm³/mol. The Bertz CT molecular complexity index is 356. The lowest BCUT2D eigenvalue weighted by atomic mass is 9.92. The maximum absolute atomic E-state index is 5.90. The number of pyridine rings is 1. The predicted octanol–water partition coefficient (Wildman–Crippen LogP) is 1.83. The molecule has 1 aromatic heterocycles. The molecule has 94 valence electrons. The lowest BCUT2D eigenvalue weighted by Crippen LogP contribution is -2.33. The van der Waals surface area contributed by atoms with Crippen molar-refractivity contribution in [1.82, 2.24) is 4.98 Å². The molecular weight excluding hydrogens is 212 g/mol. The van der Waals surface area contributed by atoms with Gasteiger partial charge in [-0.3, -0.25) is 0 Å². The van der Waals surface area contributed by atoms with Crippen molar-refractivity contribution >= 4 is 11.5 Å². The molecule has 0 bridgehead atoms. The number of hydrogen-bond donors (Lipinski definition) is 2. The summed E-state index contributed by atoms with van der Waals surface area (Å²) in [6, 6.07) is 5.03. The van der Waals surface area contributed by atoms with E-state index in [2.05, 4.69) is 21.3 Å². The Labute approximate surface area is 103 Å². The first-order valence-electron chi connectivity index (χ1n) is 6.30. The summed E-state index contributed by atoms with van der Waals surface area (Å²) >= 11 is 0. The van der Waals surface area contributed by atoms with Crippen molar-refractivity contribution in [3.05, 3.63) is 18.3 Å². The van der Waals surface area contributed by atoms with Crippen molar-refractivity contribution in [2.24, 2.45) is 5.73 Å². The fourth-order valence-electron chi connectivity index (χ4n) is 2.25. The number of aromatic nitrogens is 1. The molecule has 4 heteroatoms. The monoisotopic (exact) mass is 234 g/mol. The smallest absolute Gasteiger partial charge is 0.128 e. The Morgan fingerprint density at radius 2 is 2.00 bits per heavy atom. The zero-order valence-electron chi connectivity index (χ0n) is 10.7. The second-order valence-electron chi connectivity index (χ2n) is 5.05. The number of nitrogens with zero attached hydrogens (tertiary/aromatic N) is 2. The molecule has 1 heterocycles. The van der Waals surface area contributed by atoms with Gasteiger partial charge in [0.25, 0.3) is 0 Å². The summed E-state index contributed by atoms with van der Waals surface area (Å²) < 4.78 is 0. The van der Waals surface area contributed by atoms with Crippen molar-refractivity contribution < 1.29 is 0 Å².